The Hall–Kier alpha value is -1.89. The predicted octanol–water partition coefficient (Wildman–Crippen LogP) is 4.18. The molecule has 1 unspecified atom stereocenters. The van der Waals surface area contributed by atoms with Crippen LogP contribution >= 0.6 is 11.8 Å². The van der Waals surface area contributed by atoms with Gasteiger partial charge in [-0.05, 0) is 62.2 Å². The first-order valence-corrected chi connectivity index (χ1v) is 11.1. The van der Waals surface area contributed by atoms with Crippen molar-refractivity contribution in [3.63, 3.8) is 0 Å². The molecule has 0 radical (unpaired) electrons. The maximum absolute atomic E-state index is 13.3. The number of carbonyl (C=O) groups is 1. The molecule has 1 aliphatic rings. The Morgan fingerprint density at radius 3 is 2.55 bits per heavy atom. The minimum absolute atomic E-state index is 0.0886. The van der Waals surface area contributed by atoms with Gasteiger partial charge in [-0.2, -0.15) is 0 Å². The molecule has 0 bridgehead atoms. The summed E-state index contributed by atoms with van der Waals surface area (Å²) in [7, 11) is 0. The summed E-state index contributed by atoms with van der Waals surface area (Å²) in [5.41, 5.74) is 3.18. The van der Waals surface area contributed by atoms with E-state index in [1.54, 1.807) is 12.1 Å². The Balaban J connectivity index is 1.40. The second-order valence-electron chi connectivity index (χ2n) is 7.65. The van der Waals surface area contributed by atoms with E-state index in [1.807, 2.05) is 18.7 Å². The largest absolute Gasteiger partial charge is 0.325 e. The Bertz CT molecular complexity index is 837. The van der Waals surface area contributed by atoms with E-state index in [-0.39, 0.29) is 17.8 Å². The van der Waals surface area contributed by atoms with Crippen molar-refractivity contribution in [3.05, 3.63) is 59.4 Å². The summed E-state index contributed by atoms with van der Waals surface area (Å²) in [5, 5.41) is 2.81. The number of amides is 1. The van der Waals surface area contributed by atoms with Crippen molar-refractivity contribution in [2.45, 2.75) is 31.7 Å². The molecule has 1 N–H and O–H groups in total. The van der Waals surface area contributed by atoms with Gasteiger partial charge < -0.3 is 5.32 Å². The molecule has 2 aromatic rings. The molecular weight excluding hydrogens is 385 g/mol. The van der Waals surface area contributed by atoms with Crippen LogP contribution in [0.3, 0.4) is 0 Å². The van der Waals surface area contributed by atoms with E-state index in [0.717, 1.165) is 38.5 Å². The molecule has 1 heterocycles. The summed E-state index contributed by atoms with van der Waals surface area (Å²) in [6.45, 7) is 10.9. The molecular formula is C23H30FN3OS. The highest BCUT2D eigenvalue weighted by Crippen LogP contribution is 2.21. The fraction of sp³-hybridized carbons (Fsp3) is 0.435. The van der Waals surface area contributed by atoms with Crippen molar-refractivity contribution in [2.75, 3.05) is 43.8 Å². The number of anilines is 1. The zero-order valence-corrected chi connectivity index (χ0v) is 18.3. The van der Waals surface area contributed by atoms with Crippen molar-refractivity contribution in [3.8, 4) is 0 Å². The summed E-state index contributed by atoms with van der Waals surface area (Å²) in [6.07, 6.45) is 0. The van der Waals surface area contributed by atoms with Crippen molar-refractivity contribution in [1.82, 2.24) is 9.80 Å². The van der Waals surface area contributed by atoms with Gasteiger partial charge in [0.2, 0.25) is 5.91 Å². The Labute approximate surface area is 177 Å². The highest BCUT2D eigenvalue weighted by atomic mass is 32.2. The maximum Gasteiger partial charge on any atom is 0.241 e. The molecule has 6 heteroatoms. The van der Waals surface area contributed by atoms with E-state index in [0.29, 0.717) is 5.69 Å². The average molecular weight is 416 g/mol. The van der Waals surface area contributed by atoms with Gasteiger partial charge in [0.15, 0.2) is 0 Å². The van der Waals surface area contributed by atoms with Gasteiger partial charge in [0.05, 0.1) is 6.04 Å². The third kappa shape index (κ3) is 6.29. The lowest BCUT2D eigenvalue weighted by Gasteiger charge is -2.37. The summed E-state index contributed by atoms with van der Waals surface area (Å²) >= 11 is 1.90. The number of thioether (sulfide) groups is 1. The average Bonchev–Trinajstić information content (AvgIpc) is 2.70. The first-order chi connectivity index (χ1) is 13.9. The monoisotopic (exact) mass is 415 g/mol. The first-order valence-electron chi connectivity index (χ1n) is 10.2. The van der Waals surface area contributed by atoms with E-state index in [9.17, 15) is 9.18 Å². The minimum Gasteiger partial charge on any atom is -0.325 e. The number of aryl methyl sites for hydroxylation is 2. The van der Waals surface area contributed by atoms with Crippen LogP contribution in [0, 0.1) is 19.7 Å². The Morgan fingerprint density at radius 1 is 1.10 bits per heavy atom. The molecule has 3 rings (SSSR count). The summed E-state index contributed by atoms with van der Waals surface area (Å²) in [5.74, 6) is 0.634. The minimum atomic E-state index is -0.345. The third-order valence-corrected chi connectivity index (χ3v) is 6.55. The summed E-state index contributed by atoms with van der Waals surface area (Å²) in [4.78, 5) is 18.5. The summed E-state index contributed by atoms with van der Waals surface area (Å²) < 4.78 is 13.3. The van der Waals surface area contributed by atoms with Crippen molar-refractivity contribution < 1.29 is 9.18 Å². The highest BCUT2D eigenvalue weighted by Gasteiger charge is 2.25. The molecule has 0 aliphatic carbocycles. The number of piperazine rings is 1. The van der Waals surface area contributed by atoms with Crippen molar-refractivity contribution in [2.24, 2.45) is 0 Å². The van der Waals surface area contributed by atoms with Gasteiger partial charge in [-0.25, -0.2) is 4.39 Å². The molecule has 156 valence electrons. The van der Waals surface area contributed by atoms with Crippen LogP contribution in [-0.4, -0.2) is 60.2 Å². The van der Waals surface area contributed by atoms with Crippen LogP contribution in [-0.2, 0) is 4.79 Å². The van der Waals surface area contributed by atoms with E-state index in [1.165, 1.54) is 28.2 Å². The highest BCUT2D eigenvalue weighted by molar-refractivity contribution is 7.99. The fourth-order valence-electron chi connectivity index (χ4n) is 3.45. The van der Waals surface area contributed by atoms with Crippen LogP contribution in [0.15, 0.2) is 47.4 Å². The second-order valence-corrected chi connectivity index (χ2v) is 8.82. The quantitative estimate of drug-likeness (QED) is 0.688. The summed E-state index contributed by atoms with van der Waals surface area (Å²) in [6, 6.07) is 12.4. The molecule has 2 aromatic carbocycles. The van der Waals surface area contributed by atoms with Gasteiger partial charge >= 0.3 is 0 Å². The number of benzene rings is 2. The number of rotatable bonds is 7. The number of nitrogens with one attached hydrogen (secondary N) is 1. The molecule has 1 amide bonds. The smallest absolute Gasteiger partial charge is 0.241 e. The lowest BCUT2D eigenvalue weighted by molar-refractivity contribution is -0.121. The number of hydrogen-bond acceptors (Lipinski definition) is 4. The zero-order chi connectivity index (χ0) is 20.8. The van der Waals surface area contributed by atoms with Gasteiger partial charge in [-0.3, -0.25) is 14.6 Å². The normalized spacial score (nSPS) is 16.6. The predicted molar refractivity (Wildman–Crippen MR) is 119 cm³/mol. The third-order valence-electron chi connectivity index (χ3n) is 5.58. The van der Waals surface area contributed by atoms with Crippen molar-refractivity contribution >= 4 is 23.4 Å². The van der Waals surface area contributed by atoms with Crippen LogP contribution in [0.1, 0.15) is 18.1 Å². The van der Waals surface area contributed by atoms with Gasteiger partial charge in [0, 0.05) is 49.1 Å². The number of carbonyl (C=O) groups excluding carboxylic acids is 1. The van der Waals surface area contributed by atoms with Crippen LogP contribution in [0.5, 0.6) is 0 Å². The molecule has 0 spiro atoms. The molecule has 1 fully saturated rings. The first kappa shape index (κ1) is 21.8. The topological polar surface area (TPSA) is 35.6 Å². The Kier molecular flexibility index (Phi) is 7.70. The van der Waals surface area contributed by atoms with E-state index < -0.39 is 0 Å². The van der Waals surface area contributed by atoms with E-state index in [2.05, 4.69) is 47.2 Å². The molecule has 29 heavy (non-hydrogen) atoms. The van der Waals surface area contributed by atoms with Gasteiger partial charge in [0.25, 0.3) is 0 Å². The number of hydrogen-bond donors (Lipinski definition) is 1. The second kappa shape index (κ2) is 10.2. The maximum atomic E-state index is 13.3. The van der Waals surface area contributed by atoms with Crippen molar-refractivity contribution in [1.29, 1.82) is 0 Å². The SMILES string of the molecule is Cc1ccc(SCCN2CCN(C(C)C(=O)Nc3cccc(F)c3)CC2)cc1C. The van der Waals surface area contributed by atoms with Crippen LogP contribution in [0.2, 0.25) is 0 Å². The van der Waals surface area contributed by atoms with Gasteiger partial charge in [-0.15, -0.1) is 11.8 Å². The van der Waals surface area contributed by atoms with Crippen LogP contribution in [0.25, 0.3) is 0 Å². The molecule has 1 atom stereocenters. The van der Waals surface area contributed by atoms with Crippen LogP contribution < -0.4 is 5.32 Å². The van der Waals surface area contributed by atoms with E-state index in [4.69, 9.17) is 0 Å². The molecule has 1 saturated heterocycles. The van der Waals surface area contributed by atoms with Crippen LogP contribution in [0.4, 0.5) is 10.1 Å². The Morgan fingerprint density at radius 2 is 1.86 bits per heavy atom. The van der Waals surface area contributed by atoms with Gasteiger partial charge in [0.1, 0.15) is 5.82 Å². The number of halogens is 1. The standard InChI is InChI=1S/C23H30FN3OS/c1-17-7-8-22(15-18(17)2)29-14-13-26-9-11-27(12-10-26)19(3)23(28)25-21-6-4-5-20(24)16-21/h4-8,15-16,19H,9-14H2,1-3H3,(H,25,28). The molecule has 0 saturated carbocycles. The lowest BCUT2D eigenvalue weighted by atomic mass is 10.1. The number of nitrogens with zero attached hydrogens (tertiary/aromatic N) is 2. The fourth-order valence-corrected chi connectivity index (χ4v) is 4.46. The zero-order valence-electron chi connectivity index (χ0n) is 17.5. The lowest BCUT2D eigenvalue weighted by Crippen LogP contribution is -2.53. The molecule has 1 aliphatic heterocycles. The van der Waals surface area contributed by atoms with Gasteiger partial charge in [-0.1, -0.05) is 12.1 Å². The van der Waals surface area contributed by atoms with E-state index >= 15 is 0 Å². The molecule has 0 aromatic heterocycles. The molecule has 4 nitrogen and oxygen atoms in total.